The lowest BCUT2D eigenvalue weighted by Crippen LogP contribution is -2.41. The predicted octanol–water partition coefficient (Wildman–Crippen LogP) is 6.93. The third-order valence-electron chi connectivity index (χ3n) is 9.21. The van der Waals surface area contributed by atoms with Gasteiger partial charge in [0, 0.05) is 17.1 Å². The van der Waals surface area contributed by atoms with E-state index in [1.807, 2.05) is 12.1 Å². The van der Waals surface area contributed by atoms with Crippen molar-refractivity contribution in [2.45, 2.75) is 97.6 Å². The van der Waals surface area contributed by atoms with Gasteiger partial charge < -0.3 is 28.3 Å². The Kier molecular flexibility index (Phi) is 8.31. The third-order valence-corrected chi connectivity index (χ3v) is 9.21. The Balaban J connectivity index is 1.43. The zero-order chi connectivity index (χ0) is 30.3. The maximum atomic E-state index is 6.29. The first-order valence-corrected chi connectivity index (χ1v) is 15.2. The lowest BCUT2D eigenvalue weighted by Gasteiger charge is -2.32. The number of hydrogen-bond donors (Lipinski definition) is 0. The number of rotatable bonds is 9. The Morgan fingerprint density at radius 3 is 1.21 bits per heavy atom. The summed E-state index contributed by atoms with van der Waals surface area (Å²) in [5.74, 6) is 0.874. The minimum Gasteiger partial charge on any atom is -0.494 e. The zero-order valence-electron chi connectivity index (χ0n) is 26.7. The molecular formula is C34H45B2NO5. The molecule has 42 heavy (non-hydrogen) atoms. The van der Waals surface area contributed by atoms with Crippen LogP contribution in [0.2, 0.25) is 0 Å². The molecule has 0 aliphatic carbocycles. The first-order valence-electron chi connectivity index (χ1n) is 15.2. The van der Waals surface area contributed by atoms with Gasteiger partial charge in [0.1, 0.15) is 5.75 Å². The molecular weight excluding hydrogens is 524 g/mol. The molecule has 0 amide bonds. The van der Waals surface area contributed by atoms with Crippen LogP contribution in [0.15, 0.2) is 72.8 Å². The third kappa shape index (κ3) is 6.00. The molecule has 5 rings (SSSR count). The highest BCUT2D eigenvalue weighted by atomic mass is 16.7. The van der Waals surface area contributed by atoms with E-state index in [4.69, 9.17) is 23.4 Å². The van der Waals surface area contributed by atoms with E-state index in [0.717, 1.165) is 53.2 Å². The summed E-state index contributed by atoms with van der Waals surface area (Å²) in [6.45, 7) is 19.5. The molecule has 0 atom stereocenters. The van der Waals surface area contributed by atoms with Crippen LogP contribution in [-0.2, 0) is 18.6 Å². The van der Waals surface area contributed by atoms with E-state index >= 15 is 0 Å². The van der Waals surface area contributed by atoms with Crippen molar-refractivity contribution in [1.29, 1.82) is 0 Å². The first kappa shape index (κ1) is 30.7. The van der Waals surface area contributed by atoms with Crippen LogP contribution in [0.1, 0.15) is 75.2 Å². The smallest absolute Gasteiger partial charge is 0.494 e. The molecule has 8 heteroatoms. The topological polar surface area (TPSA) is 49.4 Å². The summed E-state index contributed by atoms with van der Waals surface area (Å²) >= 11 is 0. The molecule has 2 aliphatic rings. The van der Waals surface area contributed by atoms with E-state index in [9.17, 15) is 0 Å². The fraction of sp³-hybridized carbons (Fsp3) is 0.471. The molecule has 6 nitrogen and oxygen atoms in total. The number of anilines is 3. The number of benzene rings is 3. The number of hydrogen-bond acceptors (Lipinski definition) is 6. The molecule has 0 bridgehead atoms. The lowest BCUT2D eigenvalue weighted by atomic mass is 9.79. The maximum absolute atomic E-state index is 6.29. The molecule has 0 aromatic heterocycles. The van der Waals surface area contributed by atoms with Gasteiger partial charge in [-0.2, -0.15) is 0 Å². The van der Waals surface area contributed by atoms with Crippen molar-refractivity contribution in [2.75, 3.05) is 11.5 Å². The van der Waals surface area contributed by atoms with Crippen LogP contribution in [0.4, 0.5) is 17.1 Å². The summed E-state index contributed by atoms with van der Waals surface area (Å²) in [7, 11) is -0.813. The standard InChI is InChI=1S/C34H45B2NO5/c1-10-11-24-38-30-22-20-29(21-23-30)37(27-16-12-25(13-17-27)35-39-31(2,3)32(4,5)40-35)28-18-14-26(15-19-28)36-41-33(6,7)34(8,9)42-36/h12-23H,10-11,24H2,1-9H3. The van der Waals surface area contributed by atoms with Crippen LogP contribution in [-0.4, -0.2) is 43.2 Å². The predicted molar refractivity (Wildman–Crippen MR) is 173 cm³/mol. The second kappa shape index (κ2) is 11.4. The monoisotopic (exact) mass is 569 g/mol. The molecule has 2 heterocycles. The largest absolute Gasteiger partial charge is 0.494 e. The fourth-order valence-electron chi connectivity index (χ4n) is 4.99. The molecule has 0 unspecified atom stereocenters. The van der Waals surface area contributed by atoms with Gasteiger partial charge in [0.2, 0.25) is 0 Å². The Hall–Kier alpha value is -2.77. The SMILES string of the molecule is CCCCOc1ccc(N(c2ccc(B3OC(C)(C)C(C)(C)O3)cc2)c2ccc(B3OC(C)(C)C(C)(C)O3)cc2)cc1. The van der Waals surface area contributed by atoms with Gasteiger partial charge in [0.25, 0.3) is 0 Å². The van der Waals surface area contributed by atoms with Crippen molar-refractivity contribution in [3.63, 3.8) is 0 Å². The summed E-state index contributed by atoms with van der Waals surface area (Å²) in [4.78, 5) is 2.23. The van der Waals surface area contributed by atoms with E-state index in [-0.39, 0.29) is 22.4 Å². The highest BCUT2D eigenvalue weighted by Gasteiger charge is 2.52. The Morgan fingerprint density at radius 1 is 0.548 bits per heavy atom. The highest BCUT2D eigenvalue weighted by molar-refractivity contribution is 6.62. The Bertz CT molecular complexity index is 1240. The molecule has 2 saturated heterocycles. The van der Waals surface area contributed by atoms with Crippen molar-refractivity contribution in [3.8, 4) is 5.75 Å². The molecule has 0 radical (unpaired) electrons. The quantitative estimate of drug-likeness (QED) is 0.206. The Morgan fingerprint density at radius 2 is 0.881 bits per heavy atom. The van der Waals surface area contributed by atoms with Gasteiger partial charge in [-0.25, -0.2) is 0 Å². The number of nitrogens with zero attached hydrogens (tertiary/aromatic N) is 1. The molecule has 3 aromatic rings. The van der Waals surface area contributed by atoms with Gasteiger partial charge in [-0.1, -0.05) is 37.6 Å². The van der Waals surface area contributed by atoms with Gasteiger partial charge in [-0.15, -0.1) is 0 Å². The molecule has 2 fully saturated rings. The molecule has 0 spiro atoms. The normalized spacial score (nSPS) is 20.1. The van der Waals surface area contributed by atoms with Gasteiger partial charge >= 0.3 is 14.2 Å². The zero-order valence-corrected chi connectivity index (χ0v) is 26.7. The average molecular weight is 569 g/mol. The van der Waals surface area contributed by atoms with E-state index in [0.29, 0.717) is 0 Å². The summed E-state index contributed by atoms with van der Waals surface area (Å²) < 4.78 is 31.1. The summed E-state index contributed by atoms with van der Waals surface area (Å²) in [6, 6.07) is 25.1. The minimum atomic E-state index is -0.406. The van der Waals surface area contributed by atoms with Crippen LogP contribution in [0, 0.1) is 0 Å². The molecule has 2 aliphatic heterocycles. The van der Waals surface area contributed by atoms with Gasteiger partial charge in [0.15, 0.2) is 0 Å². The minimum absolute atomic E-state index is 0.387. The second-order valence-corrected chi connectivity index (χ2v) is 13.4. The summed E-state index contributed by atoms with van der Waals surface area (Å²) in [5.41, 5.74) is 3.53. The number of unbranched alkanes of at least 4 members (excludes halogenated alkanes) is 1. The lowest BCUT2D eigenvalue weighted by molar-refractivity contribution is 0.00578. The number of ether oxygens (including phenoxy) is 1. The van der Waals surface area contributed by atoms with Crippen molar-refractivity contribution >= 4 is 42.2 Å². The van der Waals surface area contributed by atoms with Crippen LogP contribution in [0.5, 0.6) is 5.75 Å². The van der Waals surface area contributed by atoms with Gasteiger partial charge in [-0.3, -0.25) is 0 Å². The van der Waals surface area contributed by atoms with E-state index in [1.54, 1.807) is 0 Å². The average Bonchev–Trinajstić information content (AvgIpc) is 3.30. The second-order valence-electron chi connectivity index (χ2n) is 13.4. The van der Waals surface area contributed by atoms with E-state index < -0.39 is 14.2 Å². The highest BCUT2D eigenvalue weighted by Crippen LogP contribution is 2.39. The van der Waals surface area contributed by atoms with E-state index in [1.165, 1.54) is 0 Å². The van der Waals surface area contributed by atoms with Gasteiger partial charge in [-0.05, 0) is 121 Å². The van der Waals surface area contributed by atoms with Crippen molar-refractivity contribution in [1.82, 2.24) is 0 Å². The first-order chi connectivity index (χ1) is 19.7. The molecule has 222 valence electrons. The maximum Gasteiger partial charge on any atom is 0.494 e. The molecule has 0 saturated carbocycles. The van der Waals surface area contributed by atoms with E-state index in [2.05, 4.69) is 128 Å². The van der Waals surface area contributed by atoms with Crippen molar-refractivity contribution in [3.05, 3.63) is 72.8 Å². The summed E-state index contributed by atoms with van der Waals surface area (Å²) in [5, 5.41) is 0. The van der Waals surface area contributed by atoms with Crippen LogP contribution >= 0.6 is 0 Å². The van der Waals surface area contributed by atoms with Crippen molar-refractivity contribution < 1.29 is 23.4 Å². The van der Waals surface area contributed by atoms with Crippen LogP contribution < -0.4 is 20.6 Å². The molecule has 3 aromatic carbocycles. The van der Waals surface area contributed by atoms with Crippen LogP contribution in [0.3, 0.4) is 0 Å². The summed E-state index contributed by atoms with van der Waals surface area (Å²) in [6.07, 6.45) is 2.15. The van der Waals surface area contributed by atoms with Crippen molar-refractivity contribution in [2.24, 2.45) is 0 Å². The molecule has 0 N–H and O–H groups in total. The fourth-order valence-corrected chi connectivity index (χ4v) is 4.99. The van der Waals surface area contributed by atoms with Gasteiger partial charge in [0.05, 0.1) is 29.0 Å². The van der Waals surface area contributed by atoms with Crippen LogP contribution in [0.25, 0.3) is 0 Å². The Labute approximate surface area is 252 Å².